The number of hydrogen-bond acceptors (Lipinski definition) is 3. The van der Waals surface area contributed by atoms with Crippen LogP contribution in [0.1, 0.15) is 24.8 Å². The standard InChI is InChI=1S/C15H20N2O2S/c1-19-12-5-3-11(4-6-12)7-10-17-14(18)15(13(16)20)8-2-9-15/h3-6H,2,7-10H2,1H3,(H2,16,20)(H,17,18). The Morgan fingerprint density at radius 2 is 2.05 bits per heavy atom. The summed E-state index contributed by atoms with van der Waals surface area (Å²) in [4.78, 5) is 12.5. The van der Waals surface area contributed by atoms with E-state index in [0.29, 0.717) is 11.5 Å². The Labute approximate surface area is 124 Å². The molecule has 1 aromatic carbocycles. The van der Waals surface area contributed by atoms with E-state index in [1.807, 2.05) is 24.3 Å². The van der Waals surface area contributed by atoms with Gasteiger partial charge in [-0.25, -0.2) is 0 Å². The molecule has 1 aliphatic rings. The van der Waals surface area contributed by atoms with Gasteiger partial charge in [-0.05, 0) is 37.0 Å². The fourth-order valence-electron chi connectivity index (χ4n) is 2.40. The third kappa shape index (κ3) is 2.93. The molecule has 108 valence electrons. The molecule has 0 aliphatic heterocycles. The zero-order chi connectivity index (χ0) is 14.6. The molecule has 0 spiro atoms. The Morgan fingerprint density at radius 1 is 1.40 bits per heavy atom. The van der Waals surface area contributed by atoms with Crippen molar-refractivity contribution in [3.8, 4) is 5.75 Å². The lowest BCUT2D eigenvalue weighted by molar-refractivity contribution is -0.130. The van der Waals surface area contributed by atoms with Gasteiger partial charge in [-0.15, -0.1) is 0 Å². The minimum absolute atomic E-state index is 0.0234. The number of rotatable bonds is 6. The van der Waals surface area contributed by atoms with E-state index < -0.39 is 5.41 Å². The molecular weight excluding hydrogens is 272 g/mol. The van der Waals surface area contributed by atoms with Gasteiger partial charge in [0.2, 0.25) is 5.91 Å². The van der Waals surface area contributed by atoms with Gasteiger partial charge < -0.3 is 15.8 Å². The van der Waals surface area contributed by atoms with Crippen molar-refractivity contribution in [1.82, 2.24) is 5.32 Å². The van der Waals surface area contributed by atoms with Crippen molar-refractivity contribution in [2.45, 2.75) is 25.7 Å². The number of amides is 1. The summed E-state index contributed by atoms with van der Waals surface area (Å²) in [5, 5.41) is 2.95. The van der Waals surface area contributed by atoms with Crippen molar-refractivity contribution in [2.24, 2.45) is 11.1 Å². The highest BCUT2D eigenvalue weighted by Gasteiger charge is 2.46. The number of nitrogens with one attached hydrogen (secondary N) is 1. The number of nitrogens with two attached hydrogens (primary N) is 1. The minimum atomic E-state index is -0.588. The molecule has 5 heteroatoms. The smallest absolute Gasteiger partial charge is 0.233 e. The van der Waals surface area contributed by atoms with E-state index in [0.717, 1.165) is 37.0 Å². The summed E-state index contributed by atoms with van der Waals surface area (Å²) in [6.07, 6.45) is 3.35. The molecule has 0 saturated heterocycles. The summed E-state index contributed by atoms with van der Waals surface area (Å²) < 4.78 is 5.11. The van der Waals surface area contributed by atoms with Crippen LogP contribution in [0.5, 0.6) is 5.75 Å². The molecule has 4 nitrogen and oxygen atoms in total. The number of carbonyl (C=O) groups excluding carboxylic acids is 1. The molecule has 1 aliphatic carbocycles. The molecular formula is C15H20N2O2S. The summed E-state index contributed by atoms with van der Waals surface area (Å²) in [6.45, 7) is 0.593. The third-order valence-corrected chi connectivity index (χ3v) is 4.36. The molecule has 1 saturated carbocycles. The highest BCUT2D eigenvalue weighted by atomic mass is 32.1. The lowest BCUT2D eigenvalue weighted by atomic mass is 9.68. The van der Waals surface area contributed by atoms with Crippen LogP contribution in [0, 0.1) is 5.41 Å². The van der Waals surface area contributed by atoms with Crippen molar-refractivity contribution in [3.05, 3.63) is 29.8 Å². The first kappa shape index (κ1) is 14.8. The van der Waals surface area contributed by atoms with Crippen LogP contribution in [-0.4, -0.2) is 24.6 Å². The average molecular weight is 292 g/mol. The van der Waals surface area contributed by atoms with Gasteiger partial charge in [0.1, 0.15) is 5.75 Å². The SMILES string of the molecule is COc1ccc(CCNC(=O)C2(C(N)=S)CCC2)cc1. The van der Waals surface area contributed by atoms with Crippen LogP contribution in [0.2, 0.25) is 0 Å². The van der Waals surface area contributed by atoms with Crippen LogP contribution >= 0.6 is 12.2 Å². The molecule has 0 atom stereocenters. The molecule has 1 fully saturated rings. The Balaban J connectivity index is 1.83. The van der Waals surface area contributed by atoms with Crippen LogP contribution in [0.4, 0.5) is 0 Å². The van der Waals surface area contributed by atoms with Crippen molar-refractivity contribution < 1.29 is 9.53 Å². The van der Waals surface area contributed by atoms with Crippen molar-refractivity contribution in [1.29, 1.82) is 0 Å². The van der Waals surface area contributed by atoms with Gasteiger partial charge in [0.15, 0.2) is 0 Å². The Hall–Kier alpha value is -1.62. The van der Waals surface area contributed by atoms with Crippen LogP contribution in [0.25, 0.3) is 0 Å². The predicted octanol–water partition coefficient (Wildman–Crippen LogP) is 1.81. The maximum atomic E-state index is 12.2. The molecule has 1 aromatic rings. The van der Waals surface area contributed by atoms with E-state index in [9.17, 15) is 4.79 Å². The zero-order valence-corrected chi connectivity index (χ0v) is 12.5. The first-order chi connectivity index (χ1) is 9.58. The number of carbonyl (C=O) groups is 1. The minimum Gasteiger partial charge on any atom is -0.497 e. The van der Waals surface area contributed by atoms with Crippen LogP contribution in [-0.2, 0) is 11.2 Å². The maximum Gasteiger partial charge on any atom is 0.233 e. The monoisotopic (exact) mass is 292 g/mol. The summed E-state index contributed by atoms with van der Waals surface area (Å²) in [7, 11) is 1.64. The summed E-state index contributed by atoms with van der Waals surface area (Å²) in [6, 6.07) is 7.83. The third-order valence-electron chi connectivity index (χ3n) is 3.97. The van der Waals surface area contributed by atoms with E-state index >= 15 is 0 Å². The van der Waals surface area contributed by atoms with Crippen LogP contribution < -0.4 is 15.8 Å². The molecule has 0 aromatic heterocycles. The Bertz CT molecular complexity index is 495. The largest absolute Gasteiger partial charge is 0.497 e. The average Bonchev–Trinajstić information content (AvgIpc) is 2.37. The Kier molecular flexibility index (Phi) is 4.60. The number of ether oxygens (including phenoxy) is 1. The Morgan fingerprint density at radius 3 is 2.50 bits per heavy atom. The van der Waals surface area contributed by atoms with E-state index in [1.54, 1.807) is 7.11 Å². The van der Waals surface area contributed by atoms with Crippen LogP contribution in [0.15, 0.2) is 24.3 Å². The molecule has 1 amide bonds. The quantitative estimate of drug-likeness (QED) is 0.785. The highest BCUT2D eigenvalue weighted by Crippen LogP contribution is 2.41. The normalized spacial score (nSPS) is 16.1. The molecule has 0 bridgehead atoms. The molecule has 0 radical (unpaired) electrons. The van der Waals surface area contributed by atoms with Crippen molar-refractivity contribution in [3.63, 3.8) is 0 Å². The summed E-state index contributed by atoms with van der Waals surface area (Å²) in [5.41, 5.74) is 6.27. The number of methoxy groups -OCH3 is 1. The van der Waals surface area contributed by atoms with Gasteiger partial charge in [-0.1, -0.05) is 30.8 Å². The predicted molar refractivity (Wildman–Crippen MR) is 82.8 cm³/mol. The fourth-order valence-corrected chi connectivity index (χ4v) is 2.69. The maximum absolute atomic E-state index is 12.2. The van der Waals surface area contributed by atoms with Gasteiger partial charge in [0, 0.05) is 6.54 Å². The summed E-state index contributed by atoms with van der Waals surface area (Å²) >= 11 is 5.03. The highest BCUT2D eigenvalue weighted by molar-refractivity contribution is 7.80. The van der Waals surface area contributed by atoms with Crippen molar-refractivity contribution in [2.75, 3.05) is 13.7 Å². The van der Waals surface area contributed by atoms with Gasteiger partial charge in [0.05, 0.1) is 17.5 Å². The lowest BCUT2D eigenvalue weighted by Crippen LogP contribution is -2.53. The molecule has 2 rings (SSSR count). The van der Waals surface area contributed by atoms with Gasteiger partial charge in [-0.2, -0.15) is 0 Å². The molecule has 3 N–H and O–H groups in total. The fraction of sp³-hybridized carbons (Fsp3) is 0.467. The number of thiocarbonyl (C=S) groups is 1. The number of benzene rings is 1. The second-order valence-electron chi connectivity index (χ2n) is 5.15. The first-order valence-electron chi connectivity index (χ1n) is 6.79. The van der Waals surface area contributed by atoms with Gasteiger partial charge in [0.25, 0.3) is 0 Å². The van der Waals surface area contributed by atoms with E-state index in [1.165, 1.54) is 0 Å². The second kappa shape index (κ2) is 6.22. The zero-order valence-electron chi connectivity index (χ0n) is 11.6. The van der Waals surface area contributed by atoms with E-state index in [4.69, 9.17) is 22.7 Å². The molecule has 0 unspecified atom stereocenters. The van der Waals surface area contributed by atoms with E-state index in [-0.39, 0.29) is 5.91 Å². The van der Waals surface area contributed by atoms with Crippen LogP contribution in [0.3, 0.4) is 0 Å². The molecule has 0 heterocycles. The van der Waals surface area contributed by atoms with Gasteiger partial charge >= 0.3 is 0 Å². The van der Waals surface area contributed by atoms with Crippen molar-refractivity contribution >= 4 is 23.1 Å². The second-order valence-corrected chi connectivity index (χ2v) is 5.59. The molecule has 20 heavy (non-hydrogen) atoms. The topological polar surface area (TPSA) is 64.3 Å². The lowest BCUT2D eigenvalue weighted by Gasteiger charge is -2.39. The van der Waals surface area contributed by atoms with Gasteiger partial charge in [-0.3, -0.25) is 4.79 Å². The van der Waals surface area contributed by atoms with E-state index in [2.05, 4.69) is 5.32 Å². The first-order valence-corrected chi connectivity index (χ1v) is 7.20. The summed E-state index contributed by atoms with van der Waals surface area (Å²) in [5.74, 6) is 0.810. The number of hydrogen-bond donors (Lipinski definition) is 2.